The van der Waals surface area contributed by atoms with Gasteiger partial charge in [-0.05, 0) is 41.8 Å². The SMILES string of the molecule is CCC1=C(C(=O)OC)C(c2ccc(OC)c(OCc3ccc(Cl)c(Cl)c3)c2)NC(=O)N1. The van der Waals surface area contributed by atoms with Crippen LogP contribution in [0.4, 0.5) is 4.79 Å². The van der Waals surface area contributed by atoms with Crippen LogP contribution in [0.5, 0.6) is 11.5 Å². The maximum Gasteiger partial charge on any atom is 0.337 e. The third-order valence-corrected chi connectivity index (χ3v) is 5.55. The summed E-state index contributed by atoms with van der Waals surface area (Å²) in [5, 5.41) is 6.34. The zero-order valence-electron chi connectivity index (χ0n) is 17.3. The van der Waals surface area contributed by atoms with Crippen molar-refractivity contribution < 1.29 is 23.8 Å². The Morgan fingerprint density at radius 1 is 1.06 bits per heavy atom. The Morgan fingerprint density at radius 2 is 1.84 bits per heavy atom. The highest BCUT2D eigenvalue weighted by molar-refractivity contribution is 6.42. The van der Waals surface area contributed by atoms with Crippen LogP contribution in [0.3, 0.4) is 0 Å². The molecular weight excluding hydrogens is 443 g/mol. The quantitative estimate of drug-likeness (QED) is 0.576. The minimum Gasteiger partial charge on any atom is -0.493 e. The molecule has 31 heavy (non-hydrogen) atoms. The van der Waals surface area contributed by atoms with Crippen molar-refractivity contribution in [3.63, 3.8) is 0 Å². The van der Waals surface area contributed by atoms with Crippen LogP contribution in [0.25, 0.3) is 0 Å². The van der Waals surface area contributed by atoms with Crippen LogP contribution >= 0.6 is 23.2 Å². The molecule has 2 amide bonds. The van der Waals surface area contributed by atoms with E-state index in [-0.39, 0.29) is 6.61 Å². The molecule has 3 rings (SSSR count). The van der Waals surface area contributed by atoms with Crippen molar-refractivity contribution >= 4 is 35.2 Å². The van der Waals surface area contributed by atoms with Crippen LogP contribution in [0, 0.1) is 0 Å². The van der Waals surface area contributed by atoms with Gasteiger partial charge in [0.25, 0.3) is 0 Å². The average Bonchev–Trinajstić information content (AvgIpc) is 2.78. The van der Waals surface area contributed by atoms with Crippen molar-refractivity contribution in [1.82, 2.24) is 10.6 Å². The molecule has 2 aromatic rings. The van der Waals surface area contributed by atoms with Crippen LogP contribution in [-0.4, -0.2) is 26.2 Å². The van der Waals surface area contributed by atoms with Crippen molar-refractivity contribution in [2.24, 2.45) is 0 Å². The zero-order valence-corrected chi connectivity index (χ0v) is 18.8. The second-order valence-electron chi connectivity index (χ2n) is 6.72. The third-order valence-electron chi connectivity index (χ3n) is 4.81. The van der Waals surface area contributed by atoms with Crippen molar-refractivity contribution in [3.8, 4) is 11.5 Å². The monoisotopic (exact) mass is 464 g/mol. The summed E-state index contributed by atoms with van der Waals surface area (Å²) in [4.78, 5) is 24.6. The first-order valence-electron chi connectivity index (χ1n) is 9.51. The second kappa shape index (κ2) is 9.94. The molecule has 164 valence electrons. The van der Waals surface area contributed by atoms with Gasteiger partial charge < -0.3 is 24.8 Å². The Morgan fingerprint density at radius 3 is 2.48 bits per heavy atom. The molecule has 1 aliphatic rings. The van der Waals surface area contributed by atoms with Gasteiger partial charge in [0.2, 0.25) is 0 Å². The van der Waals surface area contributed by atoms with E-state index in [1.165, 1.54) is 14.2 Å². The van der Waals surface area contributed by atoms with E-state index in [0.717, 1.165) is 5.56 Å². The summed E-state index contributed by atoms with van der Waals surface area (Å²) in [7, 11) is 2.83. The largest absolute Gasteiger partial charge is 0.493 e. The Hall–Kier alpha value is -2.90. The van der Waals surface area contributed by atoms with Gasteiger partial charge in [0.05, 0.1) is 35.9 Å². The molecule has 1 aliphatic heterocycles. The fourth-order valence-electron chi connectivity index (χ4n) is 3.27. The number of urea groups is 1. The van der Waals surface area contributed by atoms with E-state index >= 15 is 0 Å². The summed E-state index contributed by atoms with van der Waals surface area (Å²) >= 11 is 12.0. The summed E-state index contributed by atoms with van der Waals surface area (Å²) in [6.45, 7) is 2.07. The number of nitrogens with one attached hydrogen (secondary N) is 2. The zero-order chi connectivity index (χ0) is 22.5. The molecule has 0 aromatic heterocycles. The molecule has 0 aliphatic carbocycles. The molecule has 0 spiro atoms. The van der Waals surface area contributed by atoms with Crippen molar-refractivity contribution in [1.29, 1.82) is 0 Å². The number of esters is 1. The van der Waals surface area contributed by atoms with Crippen LogP contribution in [0.1, 0.15) is 30.5 Å². The molecule has 1 atom stereocenters. The van der Waals surface area contributed by atoms with Crippen LogP contribution in [0.15, 0.2) is 47.7 Å². The van der Waals surface area contributed by atoms with Crippen molar-refractivity contribution in [2.45, 2.75) is 26.0 Å². The van der Waals surface area contributed by atoms with E-state index in [1.54, 1.807) is 30.3 Å². The Kier molecular flexibility index (Phi) is 7.30. The highest BCUT2D eigenvalue weighted by Gasteiger charge is 2.33. The number of halogens is 2. The third kappa shape index (κ3) is 5.06. The Labute approximate surface area is 190 Å². The fourth-order valence-corrected chi connectivity index (χ4v) is 3.59. The minimum absolute atomic E-state index is 0.217. The lowest BCUT2D eigenvalue weighted by Crippen LogP contribution is -2.45. The molecule has 7 nitrogen and oxygen atoms in total. The Bertz CT molecular complexity index is 1040. The van der Waals surface area contributed by atoms with Crippen molar-refractivity contribution in [3.05, 3.63) is 68.8 Å². The number of benzene rings is 2. The molecule has 0 fully saturated rings. The van der Waals surface area contributed by atoms with Gasteiger partial charge in [-0.25, -0.2) is 9.59 Å². The molecule has 1 unspecified atom stereocenters. The minimum atomic E-state index is -0.700. The van der Waals surface area contributed by atoms with E-state index < -0.39 is 18.0 Å². The smallest absolute Gasteiger partial charge is 0.337 e. The standard InChI is InChI=1S/C22H22Cl2N2O5/c1-4-16-19(21(27)30-3)20(26-22(28)25-16)13-6-8-17(29-2)18(10-13)31-11-12-5-7-14(23)15(24)9-12/h5-10,20H,4,11H2,1-3H3,(H2,25,26,28). The van der Waals surface area contributed by atoms with Gasteiger partial charge in [-0.3, -0.25) is 0 Å². The van der Waals surface area contributed by atoms with Crippen LogP contribution < -0.4 is 20.1 Å². The number of ether oxygens (including phenoxy) is 3. The number of amides is 2. The normalized spacial score (nSPS) is 15.8. The van der Waals surface area contributed by atoms with Gasteiger partial charge in [0.15, 0.2) is 11.5 Å². The average molecular weight is 465 g/mol. The second-order valence-corrected chi connectivity index (χ2v) is 7.53. The summed E-state index contributed by atoms with van der Waals surface area (Å²) in [6, 6.07) is 9.33. The van der Waals surface area contributed by atoms with Gasteiger partial charge in [-0.15, -0.1) is 0 Å². The first kappa shape index (κ1) is 22.8. The maximum atomic E-state index is 12.5. The summed E-state index contributed by atoms with van der Waals surface area (Å²) < 4.78 is 16.3. The first-order chi connectivity index (χ1) is 14.9. The highest BCUT2D eigenvalue weighted by Crippen LogP contribution is 2.35. The lowest BCUT2D eigenvalue weighted by Gasteiger charge is -2.29. The topological polar surface area (TPSA) is 85.9 Å². The van der Waals surface area contributed by atoms with E-state index in [9.17, 15) is 9.59 Å². The highest BCUT2D eigenvalue weighted by atomic mass is 35.5. The lowest BCUT2D eigenvalue weighted by molar-refractivity contribution is -0.136. The number of rotatable bonds is 7. The van der Waals surface area contributed by atoms with E-state index in [2.05, 4.69) is 10.6 Å². The van der Waals surface area contributed by atoms with Gasteiger partial charge in [0.1, 0.15) is 6.61 Å². The van der Waals surface area contributed by atoms with E-state index in [4.69, 9.17) is 37.4 Å². The van der Waals surface area contributed by atoms with Gasteiger partial charge >= 0.3 is 12.0 Å². The fraction of sp³-hybridized carbons (Fsp3) is 0.273. The number of allylic oxidation sites excluding steroid dienone is 1. The maximum absolute atomic E-state index is 12.5. The van der Waals surface area contributed by atoms with Crippen LogP contribution in [-0.2, 0) is 16.1 Å². The molecule has 9 heteroatoms. The van der Waals surface area contributed by atoms with Gasteiger partial charge in [0, 0.05) is 5.70 Å². The molecule has 0 saturated heterocycles. The molecule has 2 N–H and O–H groups in total. The number of hydrogen-bond donors (Lipinski definition) is 2. The number of carbonyl (C=O) groups excluding carboxylic acids is 2. The van der Waals surface area contributed by atoms with Gasteiger partial charge in [-0.1, -0.05) is 42.3 Å². The Balaban J connectivity index is 1.95. The van der Waals surface area contributed by atoms with E-state index in [1.807, 2.05) is 13.0 Å². The molecule has 0 radical (unpaired) electrons. The van der Waals surface area contributed by atoms with Crippen LogP contribution in [0.2, 0.25) is 10.0 Å². The first-order valence-corrected chi connectivity index (χ1v) is 10.3. The summed E-state index contributed by atoms with van der Waals surface area (Å²) in [5.74, 6) is 0.424. The van der Waals surface area contributed by atoms with Crippen molar-refractivity contribution in [2.75, 3.05) is 14.2 Å². The van der Waals surface area contributed by atoms with Gasteiger partial charge in [-0.2, -0.15) is 0 Å². The molecule has 2 aromatic carbocycles. The molecule has 0 saturated carbocycles. The molecular formula is C22H22Cl2N2O5. The number of hydrogen-bond acceptors (Lipinski definition) is 5. The van der Waals surface area contributed by atoms with E-state index in [0.29, 0.717) is 44.8 Å². The molecule has 1 heterocycles. The summed E-state index contributed by atoms with van der Waals surface area (Å²) in [6.07, 6.45) is 0.463. The molecule has 0 bridgehead atoms. The number of methoxy groups -OCH3 is 2. The lowest BCUT2D eigenvalue weighted by atomic mass is 9.94. The summed E-state index contributed by atoms with van der Waals surface area (Å²) in [5.41, 5.74) is 2.31. The predicted molar refractivity (Wildman–Crippen MR) is 118 cm³/mol. The number of carbonyl (C=O) groups is 2. The predicted octanol–water partition coefficient (Wildman–Crippen LogP) is 4.77.